The molecule has 2 rings (SSSR count). The zero-order chi connectivity index (χ0) is 25.1. The summed E-state index contributed by atoms with van der Waals surface area (Å²) in [5, 5.41) is 11.6. The first-order valence-corrected chi connectivity index (χ1v) is 11.0. The number of amides is 1. The zero-order valence-electron chi connectivity index (χ0n) is 19.7. The van der Waals surface area contributed by atoms with Crippen LogP contribution in [-0.4, -0.2) is 60.9 Å². The molecule has 0 aliphatic carbocycles. The number of carbonyl (C=O) groups is 2. The van der Waals surface area contributed by atoms with Crippen LogP contribution in [0.25, 0.3) is 11.3 Å². The third kappa shape index (κ3) is 7.69. The SMILES string of the molecule is C=CC(OCCO)C(C=C(C)C(=O)NCC(=O)c1cc(CC)cc(-c2ccc(F)cc2)n1)OC. The average Bonchev–Trinajstić information content (AvgIpc) is 2.86. The van der Waals surface area contributed by atoms with Crippen molar-refractivity contribution in [2.45, 2.75) is 32.5 Å². The summed E-state index contributed by atoms with van der Waals surface area (Å²) in [5.74, 6) is -1.14. The fraction of sp³-hybridized carbons (Fsp3) is 0.346. The van der Waals surface area contributed by atoms with Crippen LogP contribution < -0.4 is 5.32 Å². The van der Waals surface area contributed by atoms with Crippen molar-refractivity contribution in [2.24, 2.45) is 0 Å². The highest BCUT2D eigenvalue weighted by Gasteiger charge is 2.19. The minimum atomic E-state index is -0.591. The number of aliphatic hydroxyl groups excluding tert-OH is 1. The van der Waals surface area contributed by atoms with Crippen molar-refractivity contribution in [1.82, 2.24) is 10.3 Å². The lowest BCUT2D eigenvalue weighted by molar-refractivity contribution is -0.117. The van der Waals surface area contributed by atoms with E-state index in [1.54, 1.807) is 31.2 Å². The van der Waals surface area contributed by atoms with Crippen molar-refractivity contribution >= 4 is 11.7 Å². The molecule has 0 spiro atoms. The number of pyridine rings is 1. The molecule has 182 valence electrons. The van der Waals surface area contributed by atoms with Crippen LogP contribution in [-0.2, 0) is 20.7 Å². The monoisotopic (exact) mass is 470 g/mol. The zero-order valence-corrected chi connectivity index (χ0v) is 19.7. The lowest BCUT2D eigenvalue weighted by Gasteiger charge is -2.21. The number of nitrogens with zero attached hydrogens (tertiary/aromatic N) is 1. The van der Waals surface area contributed by atoms with E-state index >= 15 is 0 Å². The van der Waals surface area contributed by atoms with Gasteiger partial charge in [0.05, 0.1) is 25.5 Å². The summed E-state index contributed by atoms with van der Waals surface area (Å²) in [7, 11) is 1.47. The van der Waals surface area contributed by atoms with Gasteiger partial charge in [0.25, 0.3) is 0 Å². The number of nitrogens with one attached hydrogen (secondary N) is 1. The van der Waals surface area contributed by atoms with E-state index in [4.69, 9.17) is 14.6 Å². The van der Waals surface area contributed by atoms with E-state index in [-0.39, 0.29) is 37.1 Å². The van der Waals surface area contributed by atoms with Gasteiger partial charge in [-0.2, -0.15) is 0 Å². The molecular formula is C26H31FN2O5. The van der Waals surface area contributed by atoms with Gasteiger partial charge < -0.3 is 19.9 Å². The summed E-state index contributed by atoms with van der Waals surface area (Å²) in [5.41, 5.74) is 2.72. The lowest BCUT2D eigenvalue weighted by Crippen LogP contribution is -2.33. The van der Waals surface area contributed by atoms with Gasteiger partial charge in [0.1, 0.15) is 23.7 Å². The second-order valence-corrected chi connectivity index (χ2v) is 7.56. The minimum Gasteiger partial charge on any atom is -0.394 e. The van der Waals surface area contributed by atoms with Gasteiger partial charge in [0, 0.05) is 18.2 Å². The predicted octanol–water partition coefficient (Wildman–Crippen LogP) is 3.27. The van der Waals surface area contributed by atoms with Crippen LogP contribution in [0.1, 0.15) is 29.9 Å². The number of carbonyl (C=O) groups excluding carboxylic acids is 2. The molecule has 0 bridgehead atoms. The number of aromatic nitrogens is 1. The Hall–Kier alpha value is -3.20. The molecule has 0 saturated heterocycles. The van der Waals surface area contributed by atoms with E-state index in [2.05, 4.69) is 16.9 Å². The van der Waals surface area contributed by atoms with Gasteiger partial charge in [-0.3, -0.25) is 9.59 Å². The number of ether oxygens (including phenoxy) is 2. The molecule has 1 amide bonds. The molecule has 8 heteroatoms. The van der Waals surface area contributed by atoms with Gasteiger partial charge in [-0.05, 0) is 61.4 Å². The molecule has 0 aliphatic heterocycles. The molecule has 0 aliphatic rings. The highest BCUT2D eigenvalue weighted by molar-refractivity contribution is 6.01. The second-order valence-electron chi connectivity index (χ2n) is 7.56. The number of hydrogen-bond donors (Lipinski definition) is 2. The Bertz CT molecular complexity index is 1020. The van der Waals surface area contributed by atoms with Crippen LogP contribution in [0.5, 0.6) is 0 Å². The van der Waals surface area contributed by atoms with E-state index in [9.17, 15) is 14.0 Å². The quantitative estimate of drug-likeness (QED) is 0.265. The van der Waals surface area contributed by atoms with E-state index in [0.29, 0.717) is 23.3 Å². The van der Waals surface area contributed by atoms with Gasteiger partial charge in [0.15, 0.2) is 5.78 Å². The van der Waals surface area contributed by atoms with E-state index in [1.165, 1.54) is 25.3 Å². The molecule has 1 heterocycles. The average molecular weight is 471 g/mol. The number of aliphatic hydroxyl groups is 1. The van der Waals surface area contributed by atoms with Crippen molar-refractivity contribution in [3.8, 4) is 11.3 Å². The number of hydrogen-bond acceptors (Lipinski definition) is 6. The highest BCUT2D eigenvalue weighted by atomic mass is 19.1. The van der Waals surface area contributed by atoms with Gasteiger partial charge >= 0.3 is 0 Å². The van der Waals surface area contributed by atoms with Crippen LogP contribution in [0.3, 0.4) is 0 Å². The number of methoxy groups -OCH3 is 1. The topological polar surface area (TPSA) is 97.8 Å². The third-order valence-electron chi connectivity index (χ3n) is 5.13. The Balaban J connectivity index is 2.11. The smallest absolute Gasteiger partial charge is 0.247 e. The molecule has 1 aromatic heterocycles. The molecule has 1 aromatic carbocycles. The Morgan fingerprint density at radius 2 is 1.94 bits per heavy atom. The molecule has 0 fully saturated rings. The number of benzene rings is 1. The Morgan fingerprint density at radius 3 is 2.53 bits per heavy atom. The van der Waals surface area contributed by atoms with Crippen molar-refractivity contribution in [2.75, 3.05) is 26.9 Å². The maximum absolute atomic E-state index is 13.3. The van der Waals surface area contributed by atoms with Crippen molar-refractivity contribution in [3.05, 3.63) is 77.8 Å². The minimum absolute atomic E-state index is 0.105. The molecule has 2 unspecified atom stereocenters. The molecule has 2 atom stereocenters. The summed E-state index contributed by atoms with van der Waals surface area (Å²) in [6, 6.07) is 9.44. The van der Waals surface area contributed by atoms with Gasteiger partial charge in [-0.25, -0.2) is 9.37 Å². The molecular weight excluding hydrogens is 439 g/mol. The van der Waals surface area contributed by atoms with Crippen LogP contribution in [0, 0.1) is 5.82 Å². The van der Waals surface area contributed by atoms with Crippen molar-refractivity contribution in [1.29, 1.82) is 0 Å². The number of rotatable bonds is 13. The molecule has 34 heavy (non-hydrogen) atoms. The Labute approximate surface area is 199 Å². The third-order valence-corrected chi connectivity index (χ3v) is 5.13. The largest absolute Gasteiger partial charge is 0.394 e. The van der Waals surface area contributed by atoms with Crippen LogP contribution in [0.2, 0.25) is 0 Å². The van der Waals surface area contributed by atoms with Crippen LogP contribution >= 0.6 is 0 Å². The molecule has 0 radical (unpaired) electrons. The standard InChI is InChI=1S/C26H31FN2O5/c1-5-18-14-21(19-7-9-20(27)10-8-19)29-22(15-18)23(31)16-28-26(32)17(3)13-25(33-4)24(6-2)34-12-11-30/h6-10,13-15,24-25,30H,2,5,11-12,16H2,1,3-4H3,(H,28,32). The van der Waals surface area contributed by atoms with Gasteiger partial charge in [-0.15, -0.1) is 6.58 Å². The number of halogens is 1. The number of Topliss-reactive ketones (excluding diaryl/α,β-unsaturated/α-hetero) is 1. The predicted molar refractivity (Wildman–Crippen MR) is 128 cm³/mol. The maximum atomic E-state index is 13.3. The highest BCUT2D eigenvalue weighted by Crippen LogP contribution is 2.20. The summed E-state index contributed by atoms with van der Waals surface area (Å²) in [6.07, 6.45) is 2.65. The first-order chi connectivity index (χ1) is 16.3. The molecule has 0 saturated carbocycles. The molecule has 2 N–H and O–H groups in total. The van der Waals surface area contributed by atoms with Crippen LogP contribution in [0.15, 0.2) is 60.7 Å². The van der Waals surface area contributed by atoms with E-state index < -0.39 is 18.1 Å². The van der Waals surface area contributed by atoms with Crippen molar-refractivity contribution < 1.29 is 28.6 Å². The van der Waals surface area contributed by atoms with Gasteiger partial charge in [0.2, 0.25) is 5.91 Å². The number of ketones is 1. The van der Waals surface area contributed by atoms with Crippen molar-refractivity contribution in [3.63, 3.8) is 0 Å². The summed E-state index contributed by atoms with van der Waals surface area (Å²) >= 11 is 0. The number of aryl methyl sites for hydroxylation is 1. The normalized spacial score (nSPS) is 13.3. The first-order valence-electron chi connectivity index (χ1n) is 11.0. The van der Waals surface area contributed by atoms with E-state index in [1.807, 2.05) is 13.0 Å². The molecule has 7 nitrogen and oxygen atoms in total. The fourth-order valence-electron chi connectivity index (χ4n) is 3.20. The summed E-state index contributed by atoms with van der Waals surface area (Å²) in [4.78, 5) is 29.8. The lowest BCUT2D eigenvalue weighted by atomic mass is 10.0. The Morgan fingerprint density at radius 1 is 1.24 bits per heavy atom. The van der Waals surface area contributed by atoms with Gasteiger partial charge in [-0.1, -0.05) is 13.0 Å². The Kier molecular flexibility index (Phi) is 10.7. The summed E-state index contributed by atoms with van der Waals surface area (Å²) in [6.45, 7) is 6.96. The van der Waals surface area contributed by atoms with Crippen LogP contribution in [0.4, 0.5) is 4.39 Å². The molecule has 2 aromatic rings. The fourth-order valence-corrected chi connectivity index (χ4v) is 3.20. The first kappa shape index (κ1) is 27.0. The summed E-state index contributed by atoms with van der Waals surface area (Å²) < 4.78 is 24.1. The second kappa shape index (κ2) is 13.5. The van der Waals surface area contributed by atoms with E-state index in [0.717, 1.165) is 5.56 Å². The maximum Gasteiger partial charge on any atom is 0.247 e.